The number of hydrogen-bond acceptors (Lipinski definition) is 3. The van der Waals surface area contributed by atoms with Gasteiger partial charge in [0.1, 0.15) is 5.82 Å². The summed E-state index contributed by atoms with van der Waals surface area (Å²) in [6.07, 6.45) is 0. The molecular weight excluding hydrogens is 256 g/mol. The summed E-state index contributed by atoms with van der Waals surface area (Å²) in [5, 5.41) is 0. The van der Waals surface area contributed by atoms with E-state index in [9.17, 15) is 9.59 Å². The zero-order valence-corrected chi connectivity index (χ0v) is 11.3. The zero-order chi connectivity index (χ0) is 13.4. The highest BCUT2D eigenvalue weighted by molar-refractivity contribution is 6.16. The molecule has 0 aliphatic rings. The number of nitrogens with zero attached hydrogens (tertiary/aromatic N) is 3. The molecule has 2 rings (SSSR count). The second-order valence-electron chi connectivity index (χ2n) is 4.30. The van der Waals surface area contributed by atoms with E-state index in [1.165, 1.54) is 4.57 Å². The molecule has 0 atom stereocenters. The number of hydrogen-bond donors (Lipinski definition) is 1. The van der Waals surface area contributed by atoms with Crippen molar-refractivity contribution in [3.8, 4) is 0 Å². The van der Waals surface area contributed by atoms with Crippen molar-refractivity contribution in [3.05, 3.63) is 26.7 Å². The van der Waals surface area contributed by atoms with Gasteiger partial charge in [-0.1, -0.05) is 0 Å². The number of aromatic amines is 1. The van der Waals surface area contributed by atoms with E-state index in [1.54, 1.807) is 4.57 Å². The molecule has 98 valence electrons. The van der Waals surface area contributed by atoms with Crippen LogP contribution in [0.4, 0.5) is 0 Å². The molecule has 0 fully saturated rings. The van der Waals surface area contributed by atoms with Crippen LogP contribution >= 0.6 is 11.6 Å². The average Bonchev–Trinajstić information content (AvgIpc) is 2.66. The Kier molecular flexibility index (Phi) is 3.30. The van der Waals surface area contributed by atoms with E-state index >= 15 is 0 Å². The molecule has 0 bridgehead atoms. The van der Waals surface area contributed by atoms with Crippen LogP contribution in [-0.4, -0.2) is 19.1 Å². The molecule has 0 aliphatic heterocycles. The summed E-state index contributed by atoms with van der Waals surface area (Å²) in [4.78, 5) is 30.4. The minimum Gasteiger partial charge on any atom is -0.321 e. The van der Waals surface area contributed by atoms with Crippen molar-refractivity contribution in [2.45, 2.75) is 39.2 Å². The average molecular weight is 271 g/mol. The topological polar surface area (TPSA) is 72.7 Å². The van der Waals surface area contributed by atoms with Crippen LogP contribution in [0.1, 0.15) is 32.6 Å². The van der Waals surface area contributed by atoms with Crippen LogP contribution in [0.15, 0.2) is 9.59 Å². The van der Waals surface area contributed by atoms with Crippen molar-refractivity contribution >= 4 is 22.8 Å². The van der Waals surface area contributed by atoms with Crippen LogP contribution in [0.25, 0.3) is 11.2 Å². The lowest BCUT2D eigenvalue weighted by molar-refractivity contribution is 0.579. The summed E-state index contributed by atoms with van der Waals surface area (Å²) in [7, 11) is 0. The molecule has 18 heavy (non-hydrogen) atoms. The van der Waals surface area contributed by atoms with Gasteiger partial charge in [-0.2, -0.15) is 0 Å². The van der Waals surface area contributed by atoms with Gasteiger partial charge in [0.05, 0.1) is 5.88 Å². The maximum atomic E-state index is 11.9. The minimum atomic E-state index is -0.440. The van der Waals surface area contributed by atoms with Gasteiger partial charge in [-0.15, -0.1) is 11.6 Å². The van der Waals surface area contributed by atoms with Crippen molar-refractivity contribution in [2.75, 3.05) is 0 Å². The highest BCUT2D eigenvalue weighted by Crippen LogP contribution is 2.15. The van der Waals surface area contributed by atoms with Crippen LogP contribution in [-0.2, 0) is 12.4 Å². The predicted octanol–water partition coefficient (Wildman–Crippen LogP) is 1.23. The first kappa shape index (κ1) is 12.9. The van der Waals surface area contributed by atoms with Gasteiger partial charge >= 0.3 is 5.69 Å². The highest BCUT2D eigenvalue weighted by atomic mass is 35.5. The van der Waals surface area contributed by atoms with Gasteiger partial charge in [0.2, 0.25) is 0 Å². The third kappa shape index (κ3) is 1.77. The summed E-state index contributed by atoms with van der Waals surface area (Å²) in [6.45, 7) is 6.22. The number of H-pyrrole nitrogens is 1. The van der Waals surface area contributed by atoms with Gasteiger partial charge in [-0.05, 0) is 20.8 Å². The molecule has 0 aliphatic carbocycles. The highest BCUT2D eigenvalue weighted by Gasteiger charge is 2.18. The Bertz CT molecular complexity index is 695. The van der Waals surface area contributed by atoms with E-state index in [0.29, 0.717) is 23.5 Å². The van der Waals surface area contributed by atoms with Crippen molar-refractivity contribution in [2.24, 2.45) is 0 Å². The van der Waals surface area contributed by atoms with E-state index in [4.69, 9.17) is 11.6 Å². The Morgan fingerprint density at radius 2 is 2.06 bits per heavy atom. The zero-order valence-electron chi connectivity index (χ0n) is 10.5. The first-order valence-corrected chi connectivity index (χ1v) is 6.34. The summed E-state index contributed by atoms with van der Waals surface area (Å²) >= 11 is 5.82. The van der Waals surface area contributed by atoms with Gasteiger partial charge in [0, 0.05) is 12.6 Å². The number of aromatic nitrogens is 4. The lowest BCUT2D eigenvalue weighted by atomic mass is 10.3. The fourth-order valence-electron chi connectivity index (χ4n) is 2.11. The molecule has 0 unspecified atom stereocenters. The summed E-state index contributed by atoms with van der Waals surface area (Å²) in [6, 6.07) is -0.0831. The second-order valence-corrected chi connectivity index (χ2v) is 4.57. The monoisotopic (exact) mass is 270 g/mol. The number of aryl methyl sites for hydroxylation is 1. The van der Waals surface area contributed by atoms with Gasteiger partial charge in [0.25, 0.3) is 5.56 Å². The first-order chi connectivity index (χ1) is 8.51. The van der Waals surface area contributed by atoms with Gasteiger partial charge < -0.3 is 4.57 Å². The molecule has 2 aromatic rings. The smallest absolute Gasteiger partial charge is 0.321 e. The van der Waals surface area contributed by atoms with Crippen LogP contribution < -0.4 is 11.2 Å². The Balaban J connectivity index is 3.01. The van der Waals surface area contributed by atoms with Crippen molar-refractivity contribution in [3.63, 3.8) is 0 Å². The molecule has 0 saturated carbocycles. The third-order valence-corrected chi connectivity index (χ3v) is 3.10. The number of halogens is 1. The van der Waals surface area contributed by atoms with Gasteiger partial charge in [0.15, 0.2) is 11.2 Å². The van der Waals surface area contributed by atoms with Crippen LogP contribution in [0.2, 0.25) is 0 Å². The molecule has 1 N–H and O–H groups in total. The molecule has 0 radical (unpaired) electrons. The Labute approximate surface area is 108 Å². The fourth-order valence-corrected chi connectivity index (χ4v) is 2.32. The van der Waals surface area contributed by atoms with Crippen LogP contribution in [0.5, 0.6) is 0 Å². The van der Waals surface area contributed by atoms with Crippen LogP contribution in [0, 0.1) is 0 Å². The van der Waals surface area contributed by atoms with Crippen LogP contribution in [0.3, 0.4) is 0 Å². The van der Waals surface area contributed by atoms with Crippen molar-refractivity contribution in [1.29, 1.82) is 0 Å². The largest absolute Gasteiger partial charge is 0.330 e. The van der Waals surface area contributed by atoms with Gasteiger partial charge in [-0.3, -0.25) is 14.3 Å². The van der Waals surface area contributed by atoms with Gasteiger partial charge in [-0.25, -0.2) is 9.78 Å². The maximum Gasteiger partial charge on any atom is 0.330 e. The van der Waals surface area contributed by atoms with E-state index in [0.717, 1.165) is 0 Å². The Morgan fingerprint density at radius 1 is 1.39 bits per heavy atom. The maximum absolute atomic E-state index is 11.9. The second kappa shape index (κ2) is 4.61. The molecule has 0 aromatic carbocycles. The SMILES string of the molecule is CCn1c(CCl)nc2c1c(=O)[nH]c(=O)n2C(C)C. The first-order valence-electron chi connectivity index (χ1n) is 5.81. The molecule has 6 nitrogen and oxygen atoms in total. The lowest BCUT2D eigenvalue weighted by Gasteiger charge is -2.09. The number of fused-ring (bicyclic) bond motifs is 1. The van der Waals surface area contributed by atoms with E-state index in [-0.39, 0.29) is 11.9 Å². The van der Waals surface area contributed by atoms with E-state index in [2.05, 4.69) is 9.97 Å². The Morgan fingerprint density at radius 3 is 2.56 bits per heavy atom. The number of nitrogens with one attached hydrogen (secondary N) is 1. The quantitative estimate of drug-likeness (QED) is 0.853. The molecule has 0 amide bonds. The molecule has 0 spiro atoms. The van der Waals surface area contributed by atoms with Crippen molar-refractivity contribution < 1.29 is 0 Å². The lowest BCUT2D eigenvalue weighted by Crippen LogP contribution is -2.32. The molecular formula is C11H15ClN4O2. The summed E-state index contributed by atoms with van der Waals surface area (Å²) in [5.41, 5.74) is -0.0558. The number of rotatable bonds is 3. The fraction of sp³-hybridized carbons (Fsp3) is 0.545. The summed E-state index contributed by atoms with van der Waals surface area (Å²) < 4.78 is 3.21. The molecule has 2 aromatic heterocycles. The van der Waals surface area contributed by atoms with Crippen molar-refractivity contribution in [1.82, 2.24) is 19.1 Å². The molecule has 7 heteroatoms. The number of alkyl halides is 1. The predicted molar refractivity (Wildman–Crippen MR) is 70.2 cm³/mol. The normalized spacial score (nSPS) is 11.6. The minimum absolute atomic E-state index is 0.0831. The molecule has 2 heterocycles. The Hall–Kier alpha value is -1.56. The summed E-state index contributed by atoms with van der Waals surface area (Å²) in [5.74, 6) is 0.800. The molecule has 0 saturated heterocycles. The standard InChI is InChI=1S/C11H15ClN4O2/c1-4-15-7(5-12)13-9-8(15)10(17)14-11(18)16(9)6(2)3/h6H,4-5H2,1-3H3,(H,14,17,18). The van der Waals surface area contributed by atoms with E-state index < -0.39 is 11.2 Å². The third-order valence-electron chi connectivity index (χ3n) is 2.86. The van der Waals surface area contributed by atoms with E-state index in [1.807, 2.05) is 20.8 Å². The number of imidazole rings is 1.